The molecule has 0 aromatic heterocycles. The van der Waals surface area contributed by atoms with E-state index in [4.69, 9.17) is 16.3 Å². The van der Waals surface area contributed by atoms with Gasteiger partial charge in [-0.15, -0.1) is 0 Å². The molecule has 0 aliphatic carbocycles. The van der Waals surface area contributed by atoms with Crippen molar-refractivity contribution in [3.05, 3.63) is 32.8 Å². The van der Waals surface area contributed by atoms with Crippen molar-refractivity contribution >= 4 is 33.5 Å². The Bertz CT molecular complexity index is 362. The number of carbonyl (C=O) groups is 1. The number of benzene rings is 1. The monoisotopic (exact) mass is 246 g/mol. The van der Waals surface area contributed by atoms with Crippen molar-refractivity contribution in [2.45, 2.75) is 6.61 Å². The smallest absolute Gasteiger partial charge is 0.338 e. The fourth-order valence-electron chi connectivity index (χ4n) is 1.15. The molecule has 0 fully saturated rings. The van der Waals surface area contributed by atoms with Crippen molar-refractivity contribution < 1.29 is 9.53 Å². The number of esters is 1. The predicted molar refractivity (Wildman–Crippen MR) is 48.3 cm³/mol. The number of ether oxygens (including phenoxy) is 1. The first-order chi connectivity index (χ1) is 5.68. The van der Waals surface area contributed by atoms with Crippen LogP contribution >= 0.6 is 27.5 Å². The number of fused-ring (bicyclic) bond motifs is 1. The van der Waals surface area contributed by atoms with Crippen molar-refractivity contribution in [1.29, 1.82) is 0 Å². The van der Waals surface area contributed by atoms with E-state index in [1.54, 1.807) is 12.1 Å². The fraction of sp³-hybridized carbons (Fsp3) is 0.125. The van der Waals surface area contributed by atoms with Crippen molar-refractivity contribution in [2.75, 3.05) is 0 Å². The van der Waals surface area contributed by atoms with Gasteiger partial charge in [0.1, 0.15) is 6.61 Å². The van der Waals surface area contributed by atoms with Crippen molar-refractivity contribution in [3.63, 3.8) is 0 Å². The van der Waals surface area contributed by atoms with Gasteiger partial charge in [-0.3, -0.25) is 0 Å². The summed E-state index contributed by atoms with van der Waals surface area (Å²) in [6.07, 6.45) is 0. The molecule has 2 nitrogen and oxygen atoms in total. The number of hydrogen-bond acceptors (Lipinski definition) is 2. The third kappa shape index (κ3) is 1.13. The van der Waals surface area contributed by atoms with Crippen LogP contribution in [-0.2, 0) is 11.3 Å². The molecule has 0 saturated carbocycles. The van der Waals surface area contributed by atoms with E-state index in [2.05, 4.69) is 15.9 Å². The summed E-state index contributed by atoms with van der Waals surface area (Å²) in [5.74, 6) is -0.298. The van der Waals surface area contributed by atoms with Crippen LogP contribution in [0.5, 0.6) is 0 Å². The Hall–Kier alpha value is -0.540. The molecule has 0 amide bonds. The Morgan fingerprint density at radius 1 is 1.50 bits per heavy atom. The van der Waals surface area contributed by atoms with Crippen LogP contribution < -0.4 is 0 Å². The summed E-state index contributed by atoms with van der Waals surface area (Å²) in [6.45, 7) is 0.339. The van der Waals surface area contributed by atoms with E-state index < -0.39 is 0 Å². The van der Waals surface area contributed by atoms with E-state index in [9.17, 15) is 4.79 Å². The van der Waals surface area contributed by atoms with Crippen LogP contribution in [0, 0.1) is 0 Å². The zero-order valence-corrected chi connectivity index (χ0v) is 8.28. The van der Waals surface area contributed by atoms with Crippen LogP contribution in [0.25, 0.3) is 0 Å². The molecule has 1 aliphatic heterocycles. The molecular weight excluding hydrogens is 243 g/mol. The van der Waals surface area contributed by atoms with Crippen LogP contribution in [0.15, 0.2) is 16.6 Å². The highest BCUT2D eigenvalue weighted by molar-refractivity contribution is 9.10. The molecule has 0 unspecified atom stereocenters. The second-order valence-electron chi connectivity index (χ2n) is 2.49. The number of carbonyl (C=O) groups excluding carboxylic acids is 1. The molecule has 1 heterocycles. The first-order valence-corrected chi connectivity index (χ1v) is 4.50. The first kappa shape index (κ1) is 8.08. The lowest BCUT2D eigenvalue weighted by molar-refractivity contribution is 0.0535. The minimum absolute atomic E-state index is 0.298. The normalized spacial score (nSPS) is 14.3. The van der Waals surface area contributed by atoms with Gasteiger partial charge in [0, 0.05) is 15.1 Å². The van der Waals surface area contributed by atoms with E-state index >= 15 is 0 Å². The number of rotatable bonds is 0. The lowest BCUT2D eigenvalue weighted by atomic mass is 10.1. The summed E-state index contributed by atoms with van der Waals surface area (Å²) in [5, 5.41) is 0.541. The fourth-order valence-corrected chi connectivity index (χ4v) is 2.07. The summed E-state index contributed by atoms with van der Waals surface area (Å²) in [4.78, 5) is 11.1. The third-order valence-corrected chi connectivity index (χ3v) is 2.65. The highest BCUT2D eigenvalue weighted by Crippen LogP contribution is 2.30. The second-order valence-corrected chi connectivity index (χ2v) is 3.78. The molecule has 2 rings (SSSR count). The molecule has 0 N–H and O–H groups in total. The SMILES string of the molecule is O=C1OCc2c(Br)cc(Cl)cc21. The highest BCUT2D eigenvalue weighted by Gasteiger charge is 2.23. The molecule has 1 aliphatic rings. The van der Waals surface area contributed by atoms with E-state index in [1.165, 1.54) is 0 Å². The maximum Gasteiger partial charge on any atom is 0.338 e. The van der Waals surface area contributed by atoms with Gasteiger partial charge in [0.05, 0.1) is 5.56 Å². The largest absolute Gasteiger partial charge is 0.457 e. The maximum atomic E-state index is 11.1. The molecule has 4 heteroatoms. The first-order valence-electron chi connectivity index (χ1n) is 3.33. The van der Waals surface area contributed by atoms with Crippen LogP contribution in [0.4, 0.5) is 0 Å². The summed E-state index contributed by atoms with van der Waals surface area (Å²) in [6, 6.07) is 3.37. The molecule has 12 heavy (non-hydrogen) atoms. The second kappa shape index (κ2) is 2.75. The van der Waals surface area contributed by atoms with Gasteiger partial charge < -0.3 is 4.74 Å². The summed E-state index contributed by atoms with van der Waals surface area (Å²) >= 11 is 9.07. The van der Waals surface area contributed by atoms with Gasteiger partial charge in [0.2, 0.25) is 0 Å². The molecule has 0 spiro atoms. The molecule has 0 saturated heterocycles. The number of cyclic esters (lactones) is 1. The lowest BCUT2D eigenvalue weighted by Crippen LogP contribution is -1.93. The van der Waals surface area contributed by atoms with Gasteiger partial charge in [0.25, 0.3) is 0 Å². The van der Waals surface area contributed by atoms with E-state index in [0.29, 0.717) is 17.2 Å². The van der Waals surface area contributed by atoms with E-state index in [0.717, 1.165) is 10.0 Å². The number of halogens is 2. The lowest BCUT2D eigenvalue weighted by Gasteiger charge is -1.97. The average molecular weight is 247 g/mol. The average Bonchev–Trinajstić information content (AvgIpc) is 2.33. The van der Waals surface area contributed by atoms with Crippen LogP contribution in [0.2, 0.25) is 5.02 Å². The zero-order valence-electron chi connectivity index (χ0n) is 5.93. The van der Waals surface area contributed by atoms with Crippen molar-refractivity contribution in [3.8, 4) is 0 Å². The predicted octanol–water partition coefficient (Wildman–Crippen LogP) is 2.77. The minimum atomic E-state index is -0.298. The zero-order chi connectivity index (χ0) is 8.72. The molecule has 0 bridgehead atoms. The Kier molecular flexibility index (Phi) is 1.85. The van der Waals surface area contributed by atoms with Crippen molar-refractivity contribution in [1.82, 2.24) is 0 Å². The summed E-state index contributed by atoms with van der Waals surface area (Å²) < 4.78 is 5.66. The van der Waals surface area contributed by atoms with Crippen LogP contribution in [0.3, 0.4) is 0 Å². The third-order valence-electron chi connectivity index (χ3n) is 1.73. The van der Waals surface area contributed by atoms with Gasteiger partial charge in [-0.1, -0.05) is 27.5 Å². The molecule has 62 valence electrons. The standard InChI is InChI=1S/C8H4BrClO2/c9-7-2-4(10)1-5-6(7)3-12-8(5)11/h1-2H,3H2. The molecular formula is C8H4BrClO2. The minimum Gasteiger partial charge on any atom is -0.457 e. The van der Waals surface area contributed by atoms with Gasteiger partial charge in [-0.05, 0) is 12.1 Å². The van der Waals surface area contributed by atoms with Crippen molar-refractivity contribution in [2.24, 2.45) is 0 Å². The van der Waals surface area contributed by atoms with Gasteiger partial charge >= 0.3 is 5.97 Å². The molecule has 0 radical (unpaired) electrons. The van der Waals surface area contributed by atoms with Gasteiger partial charge in [-0.25, -0.2) is 4.79 Å². The summed E-state index contributed by atoms with van der Waals surface area (Å²) in [7, 11) is 0. The molecule has 0 atom stereocenters. The van der Waals surface area contributed by atoms with E-state index in [1.807, 2.05) is 0 Å². The molecule has 1 aromatic carbocycles. The topological polar surface area (TPSA) is 26.3 Å². The van der Waals surface area contributed by atoms with Crippen LogP contribution in [0.1, 0.15) is 15.9 Å². The Morgan fingerprint density at radius 2 is 2.25 bits per heavy atom. The van der Waals surface area contributed by atoms with E-state index in [-0.39, 0.29) is 5.97 Å². The van der Waals surface area contributed by atoms with Gasteiger partial charge in [-0.2, -0.15) is 0 Å². The number of hydrogen-bond donors (Lipinski definition) is 0. The Morgan fingerprint density at radius 3 is 3.00 bits per heavy atom. The summed E-state index contributed by atoms with van der Waals surface area (Å²) in [5.41, 5.74) is 1.44. The quantitative estimate of drug-likeness (QED) is 0.659. The molecule has 1 aromatic rings. The maximum absolute atomic E-state index is 11.1. The highest BCUT2D eigenvalue weighted by atomic mass is 79.9. The van der Waals surface area contributed by atoms with Gasteiger partial charge in [0.15, 0.2) is 0 Å². The van der Waals surface area contributed by atoms with Crippen LogP contribution in [-0.4, -0.2) is 5.97 Å². The Labute approximate surface area is 82.6 Å². The Balaban J connectivity index is 2.68.